The molecule has 2 unspecified atom stereocenters. The summed E-state index contributed by atoms with van der Waals surface area (Å²) in [5.41, 5.74) is 4.29. The number of hydrazine groups is 1. The SMILES string of the molecule is CCCCC(CC)CC(NN)c1ccsc1. The minimum atomic E-state index is 0.327. The van der Waals surface area contributed by atoms with Gasteiger partial charge in [-0.3, -0.25) is 11.3 Å². The molecule has 0 aliphatic carbocycles. The lowest BCUT2D eigenvalue weighted by Gasteiger charge is -2.21. The molecular weight excluding hydrogens is 216 g/mol. The van der Waals surface area contributed by atoms with Gasteiger partial charge in [0, 0.05) is 6.04 Å². The normalized spacial score (nSPS) is 14.9. The summed E-state index contributed by atoms with van der Waals surface area (Å²) in [5, 5.41) is 4.31. The molecule has 0 spiro atoms. The first kappa shape index (κ1) is 13.7. The van der Waals surface area contributed by atoms with Gasteiger partial charge in [-0.25, -0.2) is 0 Å². The second-order valence-electron chi connectivity index (χ2n) is 4.43. The number of hydrogen-bond acceptors (Lipinski definition) is 3. The van der Waals surface area contributed by atoms with Gasteiger partial charge in [-0.15, -0.1) is 0 Å². The maximum absolute atomic E-state index is 5.65. The van der Waals surface area contributed by atoms with E-state index in [0.29, 0.717) is 6.04 Å². The lowest BCUT2D eigenvalue weighted by Crippen LogP contribution is -2.29. The van der Waals surface area contributed by atoms with E-state index in [0.717, 1.165) is 12.3 Å². The molecule has 0 saturated heterocycles. The van der Waals surface area contributed by atoms with Crippen LogP contribution in [0.15, 0.2) is 16.8 Å². The molecule has 0 aliphatic rings. The Morgan fingerprint density at radius 2 is 2.25 bits per heavy atom. The predicted molar refractivity (Wildman–Crippen MR) is 72.3 cm³/mol. The molecule has 92 valence electrons. The van der Waals surface area contributed by atoms with Crippen molar-refractivity contribution in [3.8, 4) is 0 Å². The summed E-state index contributed by atoms with van der Waals surface area (Å²) >= 11 is 1.74. The van der Waals surface area contributed by atoms with Crippen LogP contribution in [-0.4, -0.2) is 0 Å². The highest BCUT2D eigenvalue weighted by atomic mass is 32.1. The molecule has 0 bridgehead atoms. The molecule has 0 saturated carbocycles. The Hall–Kier alpha value is -0.380. The fourth-order valence-corrected chi connectivity index (χ4v) is 2.80. The Morgan fingerprint density at radius 1 is 1.44 bits per heavy atom. The van der Waals surface area contributed by atoms with Crippen molar-refractivity contribution in [2.45, 2.75) is 52.0 Å². The summed E-state index contributed by atoms with van der Waals surface area (Å²) in [5.74, 6) is 6.44. The summed E-state index contributed by atoms with van der Waals surface area (Å²) in [6.07, 6.45) is 6.36. The van der Waals surface area contributed by atoms with Crippen molar-refractivity contribution in [2.24, 2.45) is 11.8 Å². The average Bonchev–Trinajstić information content (AvgIpc) is 2.83. The second kappa shape index (κ2) is 7.82. The van der Waals surface area contributed by atoms with Crippen LogP contribution in [0.4, 0.5) is 0 Å². The van der Waals surface area contributed by atoms with Gasteiger partial charge in [-0.05, 0) is 34.7 Å². The van der Waals surface area contributed by atoms with E-state index in [9.17, 15) is 0 Å². The highest BCUT2D eigenvalue weighted by Crippen LogP contribution is 2.27. The van der Waals surface area contributed by atoms with Crippen LogP contribution >= 0.6 is 11.3 Å². The smallest absolute Gasteiger partial charge is 0.0470 e. The van der Waals surface area contributed by atoms with E-state index in [1.54, 1.807) is 11.3 Å². The van der Waals surface area contributed by atoms with Gasteiger partial charge in [0.05, 0.1) is 0 Å². The van der Waals surface area contributed by atoms with Crippen molar-refractivity contribution in [3.63, 3.8) is 0 Å². The third kappa shape index (κ3) is 4.24. The standard InChI is InChI=1S/C13H24N2S/c1-3-5-6-11(4-2)9-13(15-14)12-7-8-16-10-12/h7-8,10-11,13,15H,3-6,9,14H2,1-2H3. The Morgan fingerprint density at radius 3 is 2.75 bits per heavy atom. The molecule has 1 aromatic heterocycles. The van der Waals surface area contributed by atoms with E-state index in [1.807, 2.05) is 0 Å². The number of nitrogens with two attached hydrogens (primary N) is 1. The summed E-state index contributed by atoms with van der Waals surface area (Å²) in [6.45, 7) is 4.53. The molecule has 0 fully saturated rings. The van der Waals surface area contributed by atoms with Gasteiger partial charge in [0.25, 0.3) is 0 Å². The highest BCUT2D eigenvalue weighted by Gasteiger charge is 2.15. The third-order valence-electron chi connectivity index (χ3n) is 3.26. The average molecular weight is 240 g/mol. The zero-order valence-corrected chi connectivity index (χ0v) is 11.2. The maximum Gasteiger partial charge on any atom is 0.0470 e. The predicted octanol–water partition coefficient (Wildman–Crippen LogP) is 3.86. The summed E-state index contributed by atoms with van der Waals surface area (Å²) in [6, 6.07) is 2.50. The lowest BCUT2D eigenvalue weighted by molar-refractivity contribution is 0.357. The Bertz CT molecular complexity index is 259. The minimum Gasteiger partial charge on any atom is -0.271 e. The van der Waals surface area contributed by atoms with Gasteiger partial charge in [0.15, 0.2) is 0 Å². The van der Waals surface area contributed by atoms with Gasteiger partial charge in [-0.1, -0.05) is 39.5 Å². The van der Waals surface area contributed by atoms with Gasteiger partial charge in [0.1, 0.15) is 0 Å². The number of hydrogen-bond donors (Lipinski definition) is 2. The van der Waals surface area contributed by atoms with Crippen LogP contribution < -0.4 is 11.3 Å². The molecule has 0 aliphatic heterocycles. The van der Waals surface area contributed by atoms with Crippen molar-refractivity contribution < 1.29 is 0 Å². The van der Waals surface area contributed by atoms with Gasteiger partial charge in [0.2, 0.25) is 0 Å². The molecule has 3 N–H and O–H groups in total. The van der Waals surface area contributed by atoms with Crippen LogP contribution in [0.5, 0.6) is 0 Å². The first-order chi connectivity index (χ1) is 7.81. The largest absolute Gasteiger partial charge is 0.271 e. The number of nitrogens with one attached hydrogen (secondary N) is 1. The van der Waals surface area contributed by atoms with E-state index in [-0.39, 0.29) is 0 Å². The van der Waals surface area contributed by atoms with Crippen LogP contribution in [0.25, 0.3) is 0 Å². The molecule has 1 aromatic rings. The Labute approximate surface area is 103 Å². The van der Waals surface area contributed by atoms with Crippen molar-refractivity contribution in [3.05, 3.63) is 22.4 Å². The van der Waals surface area contributed by atoms with Crippen LogP contribution in [0.1, 0.15) is 57.6 Å². The molecule has 0 aromatic carbocycles. The van der Waals surface area contributed by atoms with E-state index < -0.39 is 0 Å². The summed E-state index contributed by atoms with van der Waals surface area (Å²) in [7, 11) is 0. The molecule has 1 heterocycles. The van der Waals surface area contributed by atoms with Gasteiger partial charge >= 0.3 is 0 Å². The summed E-state index contributed by atoms with van der Waals surface area (Å²) < 4.78 is 0. The van der Waals surface area contributed by atoms with Crippen molar-refractivity contribution in [1.82, 2.24) is 5.43 Å². The monoisotopic (exact) mass is 240 g/mol. The lowest BCUT2D eigenvalue weighted by atomic mass is 9.90. The van der Waals surface area contributed by atoms with E-state index >= 15 is 0 Å². The van der Waals surface area contributed by atoms with Crippen molar-refractivity contribution in [1.29, 1.82) is 0 Å². The molecule has 2 atom stereocenters. The highest BCUT2D eigenvalue weighted by molar-refractivity contribution is 7.07. The fourth-order valence-electron chi connectivity index (χ4n) is 2.09. The molecular formula is C13H24N2S. The number of thiophene rings is 1. The van der Waals surface area contributed by atoms with E-state index in [1.165, 1.54) is 31.2 Å². The molecule has 0 radical (unpaired) electrons. The van der Waals surface area contributed by atoms with E-state index in [4.69, 9.17) is 5.84 Å². The third-order valence-corrected chi connectivity index (χ3v) is 3.96. The van der Waals surface area contributed by atoms with Crippen LogP contribution in [-0.2, 0) is 0 Å². The first-order valence-corrected chi connectivity index (χ1v) is 7.24. The quantitative estimate of drug-likeness (QED) is 0.535. The van der Waals surface area contributed by atoms with Crippen LogP contribution in [0.3, 0.4) is 0 Å². The molecule has 3 heteroatoms. The van der Waals surface area contributed by atoms with Gasteiger partial charge in [-0.2, -0.15) is 11.3 Å². The van der Waals surface area contributed by atoms with E-state index in [2.05, 4.69) is 36.1 Å². The maximum atomic E-state index is 5.65. The number of rotatable bonds is 8. The zero-order chi connectivity index (χ0) is 11.8. The topological polar surface area (TPSA) is 38.0 Å². The molecule has 16 heavy (non-hydrogen) atoms. The fraction of sp³-hybridized carbons (Fsp3) is 0.692. The molecule has 2 nitrogen and oxygen atoms in total. The Balaban J connectivity index is 2.47. The van der Waals surface area contributed by atoms with Crippen molar-refractivity contribution >= 4 is 11.3 Å². The van der Waals surface area contributed by atoms with Crippen LogP contribution in [0.2, 0.25) is 0 Å². The van der Waals surface area contributed by atoms with Crippen LogP contribution in [0, 0.1) is 5.92 Å². The zero-order valence-electron chi connectivity index (χ0n) is 10.4. The first-order valence-electron chi connectivity index (χ1n) is 6.30. The van der Waals surface area contributed by atoms with Gasteiger partial charge < -0.3 is 0 Å². The summed E-state index contributed by atoms with van der Waals surface area (Å²) in [4.78, 5) is 0. The minimum absolute atomic E-state index is 0.327. The Kier molecular flexibility index (Phi) is 6.69. The molecule has 0 amide bonds. The molecule has 1 rings (SSSR count). The van der Waals surface area contributed by atoms with Crippen molar-refractivity contribution in [2.75, 3.05) is 0 Å². The second-order valence-corrected chi connectivity index (χ2v) is 5.21. The number of unbranched alkanes of at least 4 members (excludes halogenated alkanes) is 1.